The average Bonchev–Trinajstić information content (AvgIpc) is 3.07. The van der Waals surface area contributed by atoms with Crippen LogP contribution < -0.4 is 16.4 Å². The number of hydrogen-bond donors (Lipinski definition) is 2. The van der Waals surface area contributed by atoms with E-state index >= 15 is 0 Å². The Morgan fingerprint density at radius 1 is 1.11 bits per heavy atom. The molecular weight excluding hydrogens is 364 g/mol. The van der Waals surface area contributed by atoms with E-state index in [0.717, 1.165) is 16.9 Å². The van der Waals surface area contributed by atoms with Crippen LogP contribution in [-0.4, -0.2) is 21.6 Å². The van der Waals surface area contributed by atoms with Crippen molar-refractivity contribution < 1.29 is 9.59 Å². The summed E-state index contributed by atoms with van der Waals surface area (Å²) in [5, 5.41) is 5.00. The first-order chi connectivity index (χ1) is 13.0. The lowest BCUT2D eigenvalue weighted by Crippen LogP contribution is -2.42. The van der Waals surface area contributed by atoms with E-state index in [1.165, 1.54) is 16.0 Å². The molecule has 0 aliphatic rings. The fourth-order valence-corrected chi connectivity index (χ4v) is 3.84. The Balaban J connectivity index is 1.85. The number of rotatable bonds is 4. The number of aromatic nitrogens is 2. The van der Waals surface area contributed by atoms with E-state index in [0.29, 0.717) is 22.2 Å². The van der Waals surface area contributed by atoms with Crippen LogP contribution in [0, 0.1) is 6.92 Å². The molecule has 2 aromatic heterocycles. The van der Waals surface area contributed by atoms with Crippen LogP contribution in [0.15, 0.2) is 35.1 Å². The van der Waals surface area contributed by atoms with Crippen LogP contribution in [0.25, 0.3) is 10.8 Å². The van der Waals surface area contributed by atoms with Crippen LogP contribution in [0.4, 0.5) is 0 Å². The van der Waals surface area contributed by atoms with Gasteiger partial charge in [-0.1, -0.05) is 25.1 Å². The summed E-state index contributed by atoms with van der Waals surface area (Å²) in [5.74, 6) is -0.963. The standard InChI is InChI=1S/C19H20N4O3S/c1-4-14-11(3)10-15(27-14)17(24)20-21-18(25)16-12-8-6-7-9-13(12)19(26)23(5-2)22-16/h6-10H,4-5H2,1-3H3,(H,20,24)(H,21,25). The lowest BCUT2D eigenvalue weighted by molar-refractivity contribution is 0.0846. The number of fused-ring (bicyclic) bond motifs is 1. The summed E-state index contributed by atoms with van der Waals surface area (Å²) in [6, 6.07) is 8.58. The first kappa shape index (κ1) is 18.8. The molecule has 1 aromatic carbocycles. The maximum absolute atomic E-state index is 12.6. The molecule has 3 aromatic rings. The second kappa shape index (κ2) is 7.71. The largest absolute Gasteiger partial charge is 0.290 e. The molecule has 2 heterocycles. The van der Waals surface area contributed by atoms with Gasteiger partial charge in [0.25, 0.3) is 17.4 Å². The molecule has 27 heavy (non-hydrogen) atoms. The first-order valence-corrected chi connectivity index (χ1v) is 9.47. The minimum Gasteiger partial charge on any atom is -0.267 e. The fraction of sp³-hybridized carbons (Fsp3) is 0.263. The molecule has 0 spiro atoms. The highest BCUT2D eigenvalue weighted by atomic mass is 32.1. The smallest absolute Gasteiger partial charge is 0.267 e. The predicted octanol–water partition coefficient (Wildman–Crippen LogP) is 2.42. The molecule has 0 aliphatic heterocycles. The van der Waals surface area contributed by atoms with Gasteiger partial charge >= 0.3 is 0 Å². The molecule has 2 N–H and O–H groups in total. The molecule has 0 unspecified atom stereocenters. The Labute approximate surface area is 160 Å². The van der Waals surface area contributed by atoms with Crippen molar-refractivity contribution in [2.75, 3.05) is 0 Å². The summed E-state index contributed by atoms with van der Waals surface area (Å²) in [6.07, 6.45) is 0.852. The third kappa shape index (κ3) is 3.61. The number of carbonyl (C=O) groups excluding carboxylic acids is 2. The number of nitrogens with one attached hydrogen (secondary N) is 2. The normalized spacial score (nSPS) is 10.8. The van der Waals surface area contributed by atoms with E-state index in [2.05, 4.69) is 16.0 Å². The summed E-state index contributed by atoms with van der Waals surface area (Å²) >= 11 is 1.40. The molecule has 8 heteroatoms. The van der Waals surface area contributed by atoms with Gasteiger partial charge in [-0.05, 0) is 38.0 Å². The zero-order chi connectivity index (χ0) is 19.6. The van der Waals surface area contributed by atoms with Gasteiger partial charge < -0.3 is 0 Å². The van der Waals surface area contributed by atoms with Crippen molar-refractivity contribution in [1.29, 1.82) is 0 Å². The molecule has 0 bridgehead atoms. The number of aryl methyl sites for hydroxylation is 3. The van der Waals surface area contributed by atoms with Gasteiger partial charge in [-0.15, -0.1) is 11.3 Å². The second-order valence-electron chi connectivity index (χ2n) is 5.99. The molecular formula is C19H20N4O3S. The van der Waals surface area contributed by atoms with Crippen LogP contribution in [0.5, 0.6) is 0 Å². The molecule has 0 saturated carbocycles. The predicted molar refractivity (Wildman–Crippen MR) is 105 cm³/mol. The maximum Gasteiger partial charge on any atom is 0.290 e. The third-order valence-electron chi connectivity index (χ3n) is 4.24. The van der Waals surface area contributed by atoms with Gasteiger partial charge in [0.05, 0.1) is 10.3 Å². The Morgan fingerprint density at radius 2 is 1.78 bits per heavy atom. The molecule has 3 rings (SSSR count). The van der Waals surface area contributed by atoms with Crippen molar-refractivity contribution in [3.8, 4) is 0 Å². The summed E-state index contributed by atoms with van der Waals surface area (Å²) < 4.78 is 1.23. The minimum atomic E-state index is -0.578. The lowest BCUT2D eigenvalue weighted by atomic mass is 10.1. The summed E-state index contributed by atoms with van der Waals surface area (Å²) in [7, 11) is 0. The van der Waals surface area contributed by atoms with Crippen LogP contribution >= 0.6 is 11.3 Å². The van der Waals surface area contributed by atoms with Crippen molar-refractivity contribution in [3.05, 3.63) is 61.7 Å². The zero-order valence-electron chi connectivity index (χ0n) is 15.3. The number of amides is 2. The Kier molecular flexibility index (Phi) is 5.36. The number of thiophene rings is 1. The van der Waals surface area contributed by atoms with Crippen LogP contribution in [0.2, 0.25) is 0 Å². The Hall–Kier alpha value is -3.00. The number of hydrazine groups is 1. The van der Waals surface area contributed by atoms with Crippen molar-refractivity contribution in [2.45, 2.75) is 33.7 Å². The maximum atomic E-state index is 12.6. The molecule has 0 fully saturated rings. The summed E-state index contributed by atoms with van der Waals surface area (Å²) in [4.78, 5) is 38.9. The molecule has 0 radical (unpaired) electrons. The van der Waals surface area contributed by atoms with E-state index in [1.54, 1.807) is 37.3 Å². The van der Waals surface area contributed by atoms with Gasteiger partial charge in [0.15, 0.2) is 5.69 Å². The minimum absolute atomic E-state index is 0.0870. The first-order valence-electron chi connectivity index (χ1n) is 8.66. The van der Waals surface area contributed by atoms with E-state index in [4.69, 9.17) is 0 Å². The quantitative estimate of drug-likeness (QED) is 0.676. The van der Waals surface area contributed by atoms with Crippen LogP contribution in [0.1, 0.15) is 44.4 Å². The zero-order valence-corrected chi connectivity index (χ0v) is 16.1. The van der Waals surface area contributed by atoms with Gasteiger partial charge in [0.2, 0.25) is 0 Å². The van der Waals surface area contributed by atoms with Crippen molar-refractivity contribution >= 4 is 33.9 Å². The highest BCUT2D eigenvalue weighted by molar-refractivity contribution is 7.14. The highest BCUT2D eigenvalue weighted by Crippen LogP contribution is 2.22. The monoisotopic (exact) mass is 384 g/mol. The number of nitrogens with zero attached hydrogens (tertiary/aromatic N) is 2. The fourth-order valence-electron chi connectivity index (χ4n) is 2.83. The molecule has 0 aliphatic carbocycles. The van der Waals surface area contributed by atoms with Crippen molar-refractivity contribution in [3.63, 3.8) is 0 Å². The topological polar surface area (TPSA) is 93.1 Å². The molecule has 0 saturated heterocycles. The molecule has 7 nitrogen and oxygen atoms in total. The number of hydrogen-bond acceptors (Lipinski definition) is 5. The number of carbonyl (C=O) groups is 2. The van der Waals surface area contributed by atoms with Gasteiger partial charge in [-0.3, -0.25) is 25.2 Å². The van der Waals surface area contributed by atoms with E-state index in [9.17, 15) is 14.4 Å². The summed E-state index contributed by atoms with van der Waals surface area (Å²) in [5.41, 5.74) is 5.71. The van der Waals surface area contributed by atoms with E-state index < -0.39 is 5.91 Å². The summed E-state index contributed by atoms with van der Waals surface area (Å²) in [6.45, 7) is 6.10. The van der Waals surface area contributed by atoms with Crippen molar-refractivity contribution in [2.24, 2.45) is 0 Å². The second-order valence-corrected chi connectivity index (χ2v) is 7.13. The van der Waals surface area contributed by atoms with Gasteiger partial charge in [-0.25, -0.2) is 4.68 Å². The van der Waals surface area contributed by atoms with Gasteiger partial charge in [-0.2, -0.15) is 5.10 Å². The van der Waals surface area contributed by atoms with E-state index in [-0.39, 0.29) is 17.2 Å². The van der Waals surface area contributed by atoms with Crippen molar-refractivity contribution in [1.82, 2.24) is 20.6 Å². The van der Waals surface area contributed by atoms with Crippen LogP contribution in [0.3, 0.4) is 0 Å². The molecule has 2 amide bonds. The van der Waals surface area contributed by atoms with Crippen LogP contribution in [-0.2, 0) is 13.0 Å². The third-order valence-corrected chi connectivity index (χ3v) is 5.62. The molecule has 140 valence electrons. The molecule has 0 atom stereocenters. The SMILES string of the molecule is CCc1sc(C(=O)NNC(=O)c2nn(CC)c(=O)c3ccccc23)cc1C. The Bertz CT molecular complexity index is 1080. The highest BCUT2D eigenvalue weighted by Gasteiger charge is 2.18. The van der Waals surface area contributed by atoms with Gasteiger partial charge in [0.1, 0.15) is 0 Å². The van der Waals surface area contributed by atoms with Gasteiger partial charge in [0, 0.05) is 16.8 Å². The lowest BCUT2D eigenvalue weighted by Gasteiger charge is -2.10. The van der Waals surface area contributed by atoms with E-state index in [1.807, 2.05) is 13.8 Å². The number of benzene rings is 1. The average molecular weight is 384 g/mol. The Morgan fingerprint density at radius 3 is 2.41 bits per heavy atom.